The van der Waals surface area contributed by atoms with Gasteiger partial charge in [0.1, 0.15) is 17.5 Å². The van der Waals surface area contributed by atoms with Gasteiger partial charge in [-0.2, -0.15) is 0 Å². The summed E-state index contributed by atoms with van der Waals surface area (Å²) in [6.45, 7) is 2.62. The van der Waals surface area contributed by atoms with Gasteiger partial charge in [-0.1, -0.05) is 0 Å². The van der Waals surface area contributed by atoms with E-state index >= 15 is 0 Å². The molecule has 2 aromatic carbocycles. The smallest absolute Gasteiger partial charge is 0.150 e. The van der Waals surface area contributed by atoms with Crippen LogP contribution in [0.2, 0.25) is 0 Å². The van der Waals surface area contributed by atoms with Crippen LogP contribution in [0, 0.1) is 23.4 Å². The van der Waals surface area contributed by atoms with Crippen LogP contribution in [0.1, 0.15) is 37.2 Å². The maximum atomic E-state index is 14.2. The lowest BCUT2D eigenvalue weighted by Gasteiger charge is -2.35. The number of benzene rings is 2. The minimum atomic E-state index is -0.616. The Morgan fingerprint density at radius 2 is 1.66 bits per heavy atom. The Kier molecular flexibility index (Phi) is 5.92. The molecule has 2 fully saturated rings. The zero-order chi connectivity index (χ0) is 20.4. The molecule has 3 nitrogen and oxygen atoms in total. The van der Waals surface area contributed by atoms with Crippen LogP contribution >= 0.6 is 0 Å². The summed E-state index contributed by atoms with van der Waals surface area (Å²) in [5.74, 6) is -0.900. The van der Waals surface area contributed by atoms with E-state index in [4.69, 9.17) is 10.5 Å². The monoisotopic (exact) mass is 402 g/mol. The summed E-state index contributed by atoms with van der Waals surface area (Å²) >= 11 is 0. The van der Waals surface area contributed by atoms with Gasteiger partial charge >= 0.3 is 0 Å². The summed E-state index contributed by atoms with van der Waals surface area (Å²) in [5, 5.41) is 0.562. The number of aromatic amines is 1. The number of hydrogen-bond acceptors (Lipinski definition) is 2. The van der Waals surface area contributed by atoms with Crippen molar-refractivity contribution < 1.29 is 17.9 Å². The largest absolute Gasteiger partial charge is 0.381 e. The average Bonchev–Trinajstić information content (AvgIpc) is 3.34. The summed E-state index contributed by atoms with van der Waals surface area (Å²) in [4.78, 5) is 3.08. The molecule has 0 radical (unpaired) electrons. The minimum Gasteiger partial charge on any atom is -0.381 e. The van der Waals surface area contributed by atoms with E-state index in [0.717, 1.165) is 48.9 Å². The molecule has 29 heavy (non-hydrogen) atoms. The third-order valence-electron chi connectivity index (χ3n) is 5.80. The fraction of sp³-hybridized carbons (Fsp3) is 0.391. The Hall–Kier alpha value is -2.31. The average molecular weight is 402 g/mol. The van der Waals surface area contributed by atoms with Crippen molar-refractivity contribution >= 4 is 10.9 Å². The van der Waals surface area contributed by atoms with Crippen LogP contribution in [0.25, 0.3) is 22.2 Å². The van der Waals surface area contributed by atoms with E-state index in [2.05, 4.69) is 4.98 Å². The number of hydrogen-bond donors (Lipinski definition) is 2. The second-order valence-electron chi connectivity index (χ2n) is 7.82. The van der Waals surface area contributed by atoms with E-state index in [1.165, 1.54) is 31.0 Å². The van der Waals surface area contributed by atoms with Gasteiger partial charge in [0.25, 0.3) is 0 Å². The molecule has 2 heterocycles. The number of ether oxygens (including phenoxy) is 1. The van der Waals surface area contributed by atoms with Crippen molar-refractivity contribution in [1.82, 2.24) is 4.98 Å². The second-order valence-corrected chi connectivity index (χ2v) is 7.82. The quantitative estimate of drug-likeness (QED) is 0.608. The second kappa shape index (κ2) is 8.59. The Morgan fingerprint density at radius 1 is 0.966 bits per heavy atom. The molecule has 5 rings (SSSR count). The predicted molar refractivity (Wildman–Crippen MR) is 108 cm³/mol. The summed E-state index contributed by atoms with van der Waals surface area (Å²) in [6.07, 6.45) is 4.35. The number of halogens is 3. The topological polar surface area (TPSA) is 51.0 Å². The van der Waals surface area contributed by atoms with Crippen LogP contribution < -0.4 is 5.73 Å². The van der Waals surface area contributed by atoms with Gasteiger partial charge in [-0.05, 0) is 85.5 Å². The summed E-state index contributed by atoms with van der Waals surface area (Å²) in [7, 11) is 0. The maximum absolute atomic E-state index is 14.2. The standard InChI is InChI=1S/C19H17F3N2.C4H8O/c20-13-3-1-11(2-4-13)18-17(12-5-10(6-12)9-23)15-7-14(21)8-16(22)19(15)24-18;1-2-4-5-3-1/h1-4,7-8,10,12,24H,5-6,9,23H2;1-4H2. The highest BCUT2D eigenvalue weighted by Crippen LogP contribution is 2.47. The normalized spacial score (nSPS) is 21.0. The Balaban J connectivity index is 0.000000359. The van der Waals surface area contributed by atoms with Crippen molar-refractivity contribution in [3.8, 4) is 11.3 Å². The molecule has 0 atom stereocenters. The fourth-order valence-corrected chi connectivity index (χ4v) is 4.18. The van der Waals surface area contributed by atoms with Gasteiger partial charge in [0.15, 0.2) is 0 Å². The van der Waals surface area contributed by atoms with Crippen molar-refractivity contribution in [3.05, 3.63) is 59.4 Å². The van der Waals surface area contributed by atoms with Crippen molar-refractivity contribution in [3.63, 3.8) is 0 Å². The number of aromatic nitrogens is 1. The lowest BCUT2D eigenvalue weighted by Crippen LogP contribution is -2.28. The molecule has 1 aliphatic heterocycles. The molecule has 3 N–H and O–H groups in total. The molecule has 1 aromatic heterocycles. The van der Waals surface area contributed by atoms with Crippen LogP contribution in [0.5, 0.6) is 0 Å². The Labute approximate surface area is 168 Å². The van der Waals surface area contributed by atoms with Crippen molar-refractivity contribution in [2.45, 2.75) is 31.6 Å². The zero-order valence-electron chi connectivity index (χ0n) is 16.2. The number of rotatable bonds is 3. The lowest BCUT2D eigenvalue weighted by molar-refractivity contribution is 0.198. The minimum absolute atomic E-state index is 0.202. The first-order valence-corrected chi connectivity index (χ1v) is 10.1. The van der Waals surface area contributed by atoms with E-state index in [-0.39, 0.29) is 11.7 Å². The van der Waals surface area contributed by atoms with E-state index in [1.54, 1.807) is 12.1 Å². The van der Waals surface area contributed by atoms with Gasteiger partial charge < -0.3 is 15.5 Å². The molecular formula is C23H25F3N2O. The first kappa shape index (κ1) is 20.0. The van der Waals surface area contributed by atoms with Gasteiger partial charge in [0.05, 0.1) is 11.2 Å². The molecule has 0 amide bonds. The number of H-pyrrole nitrogens is 1. The molecule has 0 spiro atoms. The highest BCUT2D eigenvalue weighted by molar-refractivity contribution is 5.92. The molecule has 0 unspecified atom stereocenters. The van der Waals surface area contributed by atoms with Crippen molar-refractivity contribution in [2.75, 3.05) is 19.8 Å². The molecule has 3 aromatic rings. The lowest BCUT2D eigenvalue weighted by atomic mass is 9.70. The molecule has 1 saturated carbocycles. The maximum Gasteiger partial charge on any atom is 0.150 e. The van der Waals surface area contributed by atoms with Gasteiger partial charge in [-0.3, -0.25) is 0 Å². The van der Waals surface area contributed by atoms with Crippen LogP contribution in [0.4, 0.5) is 13.2 Å². The van der Waals surface area contributed by atoms with Crippen LogP contribution in [0.3, 0.4) is 0 Å². The van der Waals surface area contributed by atoms with Crippen LogP contribution in [0.15, 0.2) is 36.4 Å². The molecule has 154 valence electrons. The summed E-state index contributed by atoms with van der Waals surface area (Å²) in [6, 6.07) is 8.28. The van der Waals surface area contributed by atoms with Gasteiger partial charge in [-0.25, -0.2) is 13.2 Å². The molecule has 0 bridgehead atoms. The van der Waals surface area contributed by atoms with Crippen LogP contribution in [-0.2, 0) is 4.74 Å². The van der Waals surface area contributed by atoms with E-state index in [9.17, 15) is 13.2 Å². The SMILES string of the molecule is C1CCOC1.NCC1CC(c2c(-c3ccc(F)cc3)[nH]c3c(F)cc(F)cc23)C1. The number of nitrogens with two attached hydrogens (primary N) is 1. The van der Waals surface area contributed by atoms with Gasteiger partial charge in [-0.15, -0.1) is 0 Å². The molecular weight excluding hydrogens is 377 g/mol. The van der Waals surface area contributed by atoms with E-state index < -0.39 is 11.6 Å². The van der Waals surface area contributed by atoms with E-state index in [0.29, 0.717) is 23.4 Å². The van der Waals surface area contributed by atoms with Crippen molar-refractivity contribution in [1.29, 1.82) is 0 Å². The molecule has 2 aliphatic rings. The highest BCUT2D eigenvalue weighted by atomic mass is 19.1. The summed E-state index contributed by atoms with van der Waals surface area (Å²) in [5.41, 5.74) is 8.40. The first-order chi connectivity index (χ1) is 14.1. The van der Waals surface area contributed by atoms with E-state index in [1.807, 2.05) is 0 Å². The molecule has 1 saturated heterocycles. The van der Waals surface area contributed by atoms with Gasteiger partial charge in [0.2, 0.25) is 0 Å². The Morgan fingerprint density at radius 3 is 2.24 bits per heavy atom. The third-order valence-corrected chi connectivity index (χ3v) is 5.80. The zero-order valence-corrected chi connectivity index (χ0v) is 16.2. The summed E-state index contributed by atoms with van der Waals surface area (Å²) < 4.78 is 46.1. The number of fused-ring (bicyclic) bond motifs is 1. The molecule has 6 heteroatoms. The molecule has 1 aliphatic carbocycles. The van der Waals surface area contributed by atoms with Crippen LogP contribution in [-0.4, -0.2) is 24.7 Å². The Bertz CT molecular complexity index is 966. The van der Waals surface area contributed by atoms with Gasteiger partial charge in [0, 0.05) is 24.7 Å². The van der Waals surface area contributed by atoms with Crippen molar-refractivity contribution in [2.24, 2.45) is 11.7 Å². The predicted octanol–water partition coefficient (Wildman–Crippen LogP) is 5.50. The first-order valence-electron chi connectivity index (χ1n) is 10.1. The highest BCUT2D eigenvalue weighted by Gasteiger charge is 2.33. The number of nitrogens with one attached hydrogen (secondary N) is 1. The third kappa shape index (κ3) is 4.19. The fourth-order valence-electron chi connectivity index (χ4n) is 4.18.